The lowest BCUT2D eigenvalue weighted by Gasteiger charge is -2.28. The van der Waals surface area contributed by atoms with Crippen molar-refractivity contribution >= 4 is 17.5 Å². The molecule has 1 aromatic carbocycles. The van der Waals surface area contributed by atoms with Crippen LogP contribution in [-0.2, 0) is 15.1 Å². The molecule has 6 heteroatoms. The van der Waals surface area contributed by atoms with Gasteiger partial charge in [0.2, 0.25) is 5.91 Å². The number of carbonyl (C=O) groups excluding carboxylic acids is 1. The molecular formula is C16H22ClFN2O2. The van der Waals surface area contributed by atoms with Crippen LogP contribution in [0, 0.1) is 5.82 Å². The van der Waals surface area contributed by atoms with Gasteiger partial charge in [-0.15, -0.1) is 0 Å². The molecule has 1 amide bonds. The third kappa shape index (κ3) is 4.66. The van der Waals surface area contributed by atoms with Crippen molar-refractivity contribution in [2.75, 3.05) is 19.7 Å². The number of benzene rings is 1. The Kier molecular flexibility index (Phi) is 5.78. The SMILES string of the molecule is CC(C)(NC(=O)CNC[C@@H]1CCCO1)c1ccc(F)cc1Cl. The Hall–Kier alpha value is -1.17. The number of rotatable bonds is 6. The van der Waals surface area contributed by atoms with Crippen LogP contribution in [0.5, 0.6) is 0 Å². The molecule has 1 aromatic rings. The molecule has 122 valence electrons. The number of hydrogen-bond acceptors (Lipinski definition) is 3. The Morgan fingerprint density at radius 3 is 2.91 bits per heavy atom. The molecule has 2 rings (SSSR count). The van der Waals surface area contributed by atoms with Crippen molar-refractivity contribution in [3.63, 3.8) is 0 Å². The fourth-order valence-electron chi connectivity index (χ4n) is 2.61. The van der Waals surface area contributed by atoms with E-state index >= 15 is 0 Å². The second-order valence-electron chi connectivity index (χ2n) is 6.06. The van der Waals surface area contributed by atoms with Crippen LogP contribution in [0.15, 0.2) is 18.2 Å². The molecule has 1 aliphatic rings. The minimum atomic E-state index is -0.673. The van der Waals surface area contributed by atoms with E-state index in [0.29, 0.717) is 17.1 Å². The van der Waals surface area contributed by atoms with Crippen molar-refractivity contribution in [1.82, 2.24) is 10.6 Å². The van der Waals surface area contributed by atoms with Gasteiger partial charge in [-0.3, -0.25) is 4.79 Å². The molecule has 2 N–H and O–H groups in total. The molecule has 22 heavy (non-hydrogen) atoms. The van der Waals surface area contributed by atoms with E-state index in [1.807, 2.05) is 13.8 Å². The topological polar surface area (TPSA) is 50.4 Å². The normalized spacial score (nSPS) is 18.5. The monoisotopic (exact) mass is 328 g/mol. The van der Waals surface area contributed by atoms with Gasteiger partial charge in [0.1, 0.15) is 5.82 Å². The van der Waals surface area contributed by atoms with E-state index < -0.39 is 11.4 Å². The molecule has 0 aliphatic carbocycles. The highest BCUT2D eigenvalue weighted by Crippen LogP contribution is 2.28. The summed E-state index contributed by atoms with van der Waals surface area (Å²) >= 11 is 6.06. The highest BCUT2D eigenvalue weighted by molar-refractivity contribution is 6.31. The number of hydrogen-bond donors (Lipinski definition) is 2. The molecule has 0 unspecified atom stereocenters. The lowest BCUT2D eigenvalue weighted by atomic mass is 9.94. The molecule has 1 saturated heterocycles. The first kappa shape index (κ1) is 17.2. The van der Waals surface area contributed by atoms with Crippen LogP contribution in [0.3, 0.4) is 0 Å². The minimum absolute atomic E-state index is 0.136. The Labute approximate surface area is 135 Å². The second kappa shape index (κ2) is 7.40. The zero-order valence-electron chi connectivity index (χ0n) is 12.9. The number of carbonyl (C=O) groups is 1. The molecule has 4 nitrogen and oxygen atoms in total. The van der Waals surface area contributed by atoms with Crippen molar-refractivity contribution in [3.05, 3.63) is 34.6 Å². The second-order valence-corrected chi connectivity index (χ2v) is 6.47. The summed E-state index contributed by atoms with van der Waals surface area (Å²) in [6.45, 7) is 5.36. The van der Waals surface area contributed by atoms with Gasteiger partial charge in [0.05, 0.1) is 18.2 Å². The van der Waals surface area contributed by atoms with Gasteiger partial charge in [0.15, 0.2) is 0 Å². The van der Waals surface area contributed by atoms with Crippen LogP contribution < -0.4 is 10.6 Å². The van der Waals surface area contributed by atoms with Gasteiger partial charge in [-0.25, -0.2) is 4.39 Å². The number of ether oxygens (including phenoxy) is 1. The number of amides is 1. The van der Waals surface area contributed by atoms with E-state index in [1.54, 1.807) is 6.07 Å². The molecule has 1 heterocycles. The Balaban J connectivity index is 1.85. The summed E-state index contributed by atoms with van der Waals surface area (Å²) in [4.78, 5) is 12.1. The van der Waals surface area contributed by atoms with E-state index in [2.05, 4.69) is 10.6 Å². The first-order chi connectivity index (χ1) is 10.4. The van der Waals surface area contributed by atoms with Crippen LogP contribution in [0.25, 0.3) is 0 Å². The molecule has 1 atom stereocenters. The first-order valence-corrected chi connectivity index (χ1v) is 7.85. The lowest BCUT2D eigenvalue weighted by Crippen LogP contribution is -2.46. The molecule has 0 bridgehead atoms. The van der Waals surface area contributed by atoms with E-state index in [1.165, 1.54) is 12.1 Å². The van der Waals surface area contributed by atoms with Gasteiger partial charge in [-0.05, 0) is 44.4 Å². The largest absolute Gasteiger partial charge is 0.377 e. The lowest BCUT2D eigenvalue weighted by molar-refractivity contribution is -0.122. The highest BCUT2D eigenvalue weighted by Gasteiger charge is 2.25. The summed E-state index contributed by atoms with van der Waals surface area (Å²) in [7, 11) is 0. The smallest absolute Gasteiger partial charge is 0.234 e. The summed E-state index contributed by atoms with van der Waals surface area (Å²) in [5.74, 6) is -0.530. The molecule has 0 saturated carbocycles. The molecule has 0 spiro atoms. The maximum Gasteiger partial charge on any atom is 0.234 e. The van der Waals surface area contributed by atoms with Crippen LogP contribution in [0.1, 0.15) is 32.3 Å². The zero-order chi connectivity index (χ0) is 16.2. The van der Waals surface area contributed by atoms with Gasteiger partial charge >= 0.3 is 0 Å². The first-order valence-electron chi connectivity index (χ1n) is 7.47. The Morgan fingerprint density at radius 1 is 1.50 bits per heavy atom. The molecule has 1 aliphatic heterocycles. The van der Waals surface area contributed by atoms with Crippen LogP contribution in [0.4, 0.5) is 4.39 Å². The average molecular weight is 329 g/mol. The van der Waals surface area contributed by atoms with E-state index in [-0.39, 0.29) is 18.6 Å². The van der Waals surface area contributed by atoms with Gasteiger partial charge in [0.25, 0.3) is 0 Å². The quantitative estimate of drug-likeness (QED) is 0.844. The highest BCUT2D eigenvalue weighted by atomic mass is 35.5. The van der Waals surface area contributed by atoms with Crippen molar-refractivity contribution in [1.29, 1.82) is 0 Å². The maximum atomic E-state index is 13.1. The average Bonchev–Trinajstić information content (AvgIpc) is 2.90. The standard InChI is InChI=1S/C16H22ClFN2O2/c1-16(2,13-6-5-11(18)8-14(13)17)20-15(21)10-19-9-12-4-3-7-22-12/h5-6,8,12,19H,3-4,7,9-10H2,1-2H3,(H,20,21)/t12-/m0/s1. The van der Waals surface area contributed by atoms with Crippen molar-refractivity contribution in [2.45, 2.75) is 38.3 Å². The van der Waals surface area contributed by atoms with Gasteiger partial charge in [-0.1, -0.05) is 17.7 Å². The zero-order valence-corrected chi connectivity index (χ0v) is 13.7. The van der Waals surface area contributed by atoms with E-state index in [4.69, 9.17) is 16.3 Å². The summed E-state index contributed by atoms with van der Waals surface area (Å²) in [5.41, 5.74) is 0.0102. The Morgan fingerprint density at radius 2 is 2.27 bits per heavy atom. The van der Waals surface area contributed by atoms with Crippen molar-refractivity contribution < 1.29 is 13.9 Å². The van der Waals surface area contributed by atoms with E-state index in [9.17, 15) is 9.18 Å². The van der Waals surface area contributed by atoms with Gasteiger partial charge < -0.3 is 15.4 Å². The fourth-order valence-corrected chi connectivity index (χ4v) is 3.01. The molecule has 0 radical (unpaired) electrons. The predicted octanol–water partition coefficient (Wildman–Crippen LogP) is 2.60. The third-order valence-electron chi connectivity index (χ3n) is 3.74. The van der Waals surface area contributed by atoms with Crippen LogP contribution >= 0.6 is 11.6 Å². The summed E-state index contributed by atoms with van der Waals surface area (Å²) in [6.07, 6.45) is 2.31. The van der Waals surface area contributed by atoms with Crippen molar-refractivity contribution in [2.24, 2.45) is 0 Å². The maximum absolute atomic E-state index is 13.1. The van der Waals surface area contributed by atoms with Crippen molar-refractivity contribution in [3.8, 4) is 0 Å². The summed E-state index contributed by atoms with van der Waals surface area (Å²) in [5, 5.41) is 6.31. The molecule has 1 fully saturated rings. The number of nitrogens with one attached hydrogen (secondary N) is 2. The van der Waals surface area contributed by atoms with Crippen LogP contribution in [-0.4, -0.2) is 31.7 Å². The minimum Gasteiger partial charge on any atom is -0.377 e. The summed E-state index contributed by atoms with van der Waals surface area (Å²) in [6, 6.07) is 4.18. The van der Waals surface area contributed by atoms with Gasteiger partial charge in [-0.2, -0.15) is 0 Å². The van der Waals surface area contributed by atoms with Crippen LogP contribution in [0.2, 0.25) is 5.02 Å². The van der Waals surface area contributed by atoms with Gasteiger partial charge in [0, 0.05) is 18.2 Å². The fraction of sp³-hybridized carbons (Fsp3) is 0.562. The molecule has 0 aromatic heterocycles. The third-order valence-corrected chi connectivity index (χ3v) is 4.05. The molecular weight excluding hydrogens is 307 g/mol. The predicted molar refractivity (Wildman–Crippen MR) is 84.4 cm³/mol. The Bertz CT molecular complexity index is 531. The van der Waals surface area contributed by atoms with E-state index in [0.717, 1.165) is 19.4 Å². The summed E-state index contributed by atoms with van der Waals surface area (Å²) < 4.78 is 18.6. The number of halogens is 2.